The maximum atomic E-state index is 12.2. The van der Waals surface area contributed by atoms with Crippen LogP contribution in [0, 0.1) is 11.3 Å². The van der Waals surface area contributed by atoms with E-state index >= 15 is 0 Å². The lowest BCUT2D eigenvalue weighted by Gasteiger charge is -2.14. The van der Waals surface area contributed by atoms with Gasteiger partial charge in [0.2, 0.25) is 5.88 Å². The van der Waals surface area contributed by atoms with Gasteiger partial charge in [-0.2, -0.15) is 5.26 Å². The minimum absolute atomic E-state index is 0.271. The molecule has 0 fully saturated rings. The molecule has 0 unspecified atom stereocenters. The molecule has 0 atom stereocenters. The smallest absolute Gasteiger partial charge is 0.491 e. The first-order valence-corrected chi connectivity index (χ1v) is 4.19. The number of pyridine rings is 1. The quantitative estimate of drug-likeness (QED) is 0.816. The van der Waals surface area contributed by atoms with Gasteiger partial charge in [-0.25, -0.2) is 4.98 Å². The Morgan fingerprint density at radius 3 is 2.35 bits per heavy atom. The van der Waals surface area contributed by atoms with E-state index in [9.17, 15) is 13.2 Å². The number of alkyl halides is 3. The molecule has 1 heterocycles. The predicted octanol–water partition coefficient (Wildman–Crippen LogP) is 1.87. The van der Waals surface area contributed by atoms with E-state index < -0.39 is 17.7 Å². The molecule has 92 valence electrons. The van der Waals surface area contributed by atoms with Crippen molar-refractivity contribution in [1.29, 1.82) is 5.26 Å². The van der Waals surface area contributed by atoms with Crippen LogP contribution < -0.4 is 14.2 Å². The molecule has 0 amide bonds. The second kappa shape index (κ2) is 4.78. The fourth-order valence-corrected chi connectivity index (χ4v) is 1.08. The topological polar surface area (TPSA) is 64.4 Å². The van der Waals surface area contributed by atoms with E-state index in [1.807, 2.05) is 0 Å². The van der Waals surface area contributed by atoms with E-state index in [4.69, 9.17) is 5.26 Å². The van der Waals surface area contributed by atoms with E-state index in [0.29, 0.717) is 0 Å². The lowest BCUT2D eigenvalue weighted by Crippen LogP contribution is -2.18. The summed E-state index contributed by atoms with van der Waals surface area (Å²) in [5.74, 6) is -1.35. The summed E-state index contributed by atoms with van der Waals surface area (Å²) in [5.41, 5.74) is -0.482. The van der Waals surface area contributed by atoms with Crippen LogP contribution in [0.2, 0.25) is 0 Å². The standard InChI is InChI=1S/C9H7F3N2O3/c1-15-6-4-14-8(16-2)5(3-13)7(6)17-9(10,11)12/h4H,1-2H3. The molecule has 5 nitrogen and oxygen atoms in total. The molecule has 0 radical (unpaired) electrons. The molecule has 1 aromatic rings. The summed E-state index contributed by atoms with van der Waals surface area (Å²) in [7, 11) is 2.31. The molecule has 17 heavy (non-hydrogen) atoms. The van der Waals surface area contributed by atoms with E-state index in [-0.39, 0.29) is 11.6 Å². The van der Waals surface area contributed by atoms with Gasteiger partial charge in [-0.3, -0.25) is 0 Å². The van der Waals surface area contributed by atoms with Gasteiger partial charge in [0.15, 0.2) is 17.1 Å². The highest BCUT2D eigenvalue weighted by atomic mass is 19.4. The maximum Gasteiger partial charge on any atom is 0.573 e. The Hall–Kier alpha value is -2.17. The molecular weight excluding hydrogens is 241 g/mol. The van der Waals surface area contributed by atoms with E-state index in [0.717, 1.165) is 13.3 Å². The second-order valence-corrected chi connectivity index (χ2v) is 2.70. The third-order valence-corrected chi connectivity index (χ3v) is 1.71. The van der Waals surface area contributed by atoms with Crippen molar-refractivity contribution in [1.82, 2.24) is 4.98 Å². The fourth-order valence-electron chi connectivity index (χ4n) is 1.08. The summed E-state index contributed by atoms with van der Waals surface area (Å²) in [6.07, 6.45) is -3.97. The molecule has 0 aliphatic carbocycles. The predicted molar refractivity (Wildman–Crippen MR) is 48.7 cm³/mol. The molecule has 0 aliphatic heterocycles. The first-order chi connectivity index (χ1) is 7.92. The molecule has 8 heteroatoms. The van der Waals surface area contributed by atoms with Gasteiger partial charge in [0.1, 0.15) is 6.07 Å². The number of ether oxygens (including phenoxy) is 3. The molecule has 0 N–H and O–H groups in total. The van der Waals surface area contributed by atoms with Crippen LogP contribution >= 0.6 is 0 Å². The largest absolute Gasteiger partial charge is 0.573 e. The summed E-state index contributed by atoms with van der Waals surface area (Å²) in [5, 5.41) is 8.77. The van der Waals surface area contributed by atoms with Crippen LogP contribution in [-0.4, -0.2) is 25.6 Å². The van der Waals surface area contributed by atoms with Crippen LogP contribution in [0.5, 0.6) is 17.4 Å². The summed E-state index contributed by atoms with van der Waals surface area (Å²) in [4.78, 5) is 3.61. The number of halogens is 3. The average molecular weight is 248 g/mol. The normalized spacial score (nSPS) is 10.6. The van der Waals surface area contributed by atoms with Crippen LogP contribution in [0.25, 0.3) is 0 Å². The van der Waals surface area contributed by atoms with Crippen molar-refractivity contribution < 1.29 is 27.4 Å². The Labute approximate surface area is 94.3 Å². The molecular formula is C9H7F3N2O3. The lowest BCUT2D eigenvalue weighted by molar-refractivity contribution is -0.275. The number of hydrogen-bond acceptors (Lipinski definition) is 5. The van der Waals surface area contributed by atoms with Crippen molar-refractivity contribution in [3.8, 4) is 23.4 Å². The van der Waals surface area contributed by atoms with E-state index in [1.165, 1.54) is 13.2 Å². The zero-order valence-electron chi connectivity index (χ0n) is 8.83. The van der Waals surface area contributed by atoms with Gasteiger partial charge in [0, 0.05) is 0 Å². The van der Waals surface area contributed by atoms with Crippen molar-refractivity contribution in [3.05, 3.63) is 11.8 Å². The van der Waals surface area contributed by atoms with Crippen molar-refractivity contribution in [2.75, 3.05) is 14.2 Å². The molecule has 0 spiro atoms. The summed E-state index contributed by atoms with van der Waals surface area (Å²) < 4.78 is 49.5. The van der Waals surface area contributed by atoms with Gasteiger partial charge >= 0.3 is 6.36 Å². The summed E-state index contributed by atoms with van der Waals surface area (Å²) in [6, 6.07) is 1.52. The Bertz CT molecular complexity index is 454. The molecule has 0 aromatic carbocycles. The van der Waals surface area contributed by atoms with E-state index in [2.05, 4.69) is 19.2 Å². The maximum absolute atomic E-state index is 12.2. The minimum atomic E-state index is -4.94. The van der Waals surface area contributed by atoms with Crippen molar-refractivity contribution in [3.63, 3.8) is 0 Å². The number of nitrogens with zero attached hydrogens (tertiary/aromatic N) is 2. The Balaban J connectivity index is 3.36. The van der Waals surface area contributed by atoms with Crippen LogP contribution in [0.1, 0.15) is 5.56 Å². The molecule has 0 bridgehead atoms. The van der Waals surface area contributed by atoms with Gasteiger partial charge in [-0.1, -0.05) is 0 Å². The van der Waals surface area contributed by atoms with Crippen LogP contribution in [0.4, 0.5) is 13.2 Å². The minimum Gasteiger partial charge on any atom is -0.491 e. The van der Waals surface area contributed by atoms with Crippen molar-refractivity contribution in [2.45, 2.75) is 6.36 Å². The monoisotopic (exact) mass is 248 g/mol. The third-order valence-electron chi connectivity index (χ3n) is 1.71. The fraction of sp³-hybridized carbons (Fsp3) is 0.333. The molecule has 1 aromatic heterocycles. The van der Waals surface area contributed by atoms with Crippen LogP contribution in [0.3, 0.4) is 0 Å². The van der Waals surface area contributed by atoms with Crippen molar-refractivity contribution >= 4 is 0 Å². The zero-order valence-corrected chi connectivity index (χ0v) is 8.83. The highest BCUT2D eigenvalue weighted by Crippen LogP contribution is 2.38. The molecule has 0 saturated carbocycles. The van der Waals surface area contributed by atoms with Gasteiger partial charge in [0.25, 0.3) is 0 Å². The summed E-state index contributed by atoms with van der Waals surface area (Å²) in [6.45, 7) is 0. The van der Waals surface area contributed by atoms with Gasteiger partial charge in [0.05, 0.1) is 20.4 Å². The number of aromatic nitrogens is 1. The van der Waals surface area contributed by atoms with E-state index in [1.54, 1.807) is 0 Å². The average Bonchev–Trinajstić information content (AvgIpc) is 2.26. The third kappa shape index (κ3) is 2.90. The number of hydrogen-bond donors (Lipinski definition) is 0. The lowest BCUT2D eigenvalue weighted by atomic mass is 10.2. The van der Waals surface area contributed by atoms with Crippen molar-refractivity contribution in [2.24, 2.45) is 0 Å². The highest BCUT2D eigenvalue weighted by molar-refractivity contribution is 5.56. The Kier molecular flexibility index (Phi) is 3.62. The number of rotatable bonds is 3. The second-order valence-electron chi connectivity index (χ2n) is 2.70. The first kappa shape index (κ1) is 12.9. The van der Waals surface area contributed by atoms with Crippen LogP contribution in [-0.2, 0) is 0 Å². The SMILES string of the molecule is COc1cnc(OC)c(C#N)c1OC(F)(F)F. The van der Waals surface area contributed by atoms with Gasteiger partial charge < -0.3 is 14.2 Å². The first-order valence-electron chi connectivity index (χ1n) is 4.19. The highest BCUT2D eigenvalue weighted by Gasteiger charge is 2.35. The summed E-state index contributed by atoms with van der Waals surface area (Å²) >= 11 is 0. The zero-order chi connectivity index (χ0) is 13.1. The Morgan fingerprint density at radius 1 is 1.29 bits per heavy atom. The Morgan fingerprint density at radius 2 is 1.94 bits per heavy atom. The molecule has 0 saturated heterocycles. The molecule has 0 aliphatic rings. The molecule has 1 rings (SSSR count). The van der Waals surface area contributed by atoms with Crippen LogP contribution in [0.15, 0.2) is 6.20 Å². The number of methoxy groups -OCH3 is 2. The van der Waals surface area contributed by atoms with Gasteiger partial charge in [-0.05, 0) is 0 Å². The number of nitriles is 1. The van der Waals surface area contributed by atoms with Gasteiger partial charge in [-0.15, -0.1) is 13.2 Å².